The van der Waals surface area contributed by atoms with Crippen LogP contribution < -0.4 is 19.3 Å². The molecule has 0 atom stereocenters. The van der Waals surface area contributed by atoms with Gasteiger partial charge in [0.1, 0.15) is 11.5 Å². The average Bonchev–Trinajstić information content (AvgIpc) is 2.94. The molecule has 0 aliphatic carbocycles. The number of para-hydroxylation sites is 4. The van der Waals surface area contributed by atoms with E-state index in [0.717, 1.165) is 49.1 Å². The molecule has 0 saturated carbocycles. The molecule has 0 N–H and O–H groups in total. The minimum atomic E-state index is 0.142. The number of hydrogen-bond donors (Lipinski definition) is 0. The van der Waals surface area contributed by atoms with E-state index in [1.165, 1.54) is 0 Å². The van der Waals surface area contributed by atoms with Crippen molar-refractivity contribution in [2.75, 3.05) is 75.4 Å². The van der Waals surface area contributed by atoms with Crippen LogP contribution in [0.3, 0.4) is 0 Å². The molecule has 2 fully saturated rings. The lowest BCUT2D eigenvalue weighted by molar-refractivity contribution is -0.133. The van der Waals surface area contributed by atoms with Gasteiger partial charge in [-0.15, -0.1) is 0 Å². The molecule has 2 aliphatic rings. The van der Waals surface area contributed by atoms with Gasteiger partial charge in [0, 0.05) is 65.2 Å². The highest BCUT2D eigenvalue weighted by atomic mass is 16.5. The zero-order valence-electron chi connectivity index (χ0n) is 22.2. The van der Waals surface area contributed by atoms with E-state index in [1.807, 2.05) is 60.0 Å². The van der Waals surface area contributed by atoms with Gasteiger partial charge < -0.3 is 29.1 Å². The highest BCUT2D eigenvalue weighted by molar-refractivity contribution is 5.79. The molecule has 0 aromatic heterocycles. The number of piperazine rings is 2. The van der Waals surface area contributed by atoms with E-state index in [9.17, 15) is 9.59 Å². The van der Waals surface area contributed by atoms with Crippen molar-refractivity contribution in [1.29, 1.82) is 0 Å². The lowest BCUT2D eigenvalue weighted by atomic mass is 10.1. The Bertz CT molecular complexity index is 949. The first-order valence-electron chi connectivity index (χ1n) is 13.6. The molecule has 0 radical (unpaired) electrons. The molecule has 4 rings (SSSR count). The number of hydrogen-bond acceptors (Lipinski definition) is 6. The van der Waals surface area contributed by atoms with E-state index < -0.39 is 0 Å². The monoisotopic (exact) mass is 508 g/mol. The fraction of sp³-hybridized carbons (Fsp3) is 0.517. The maximum Gasteiger partial charge on any atom is 0.222 e. The van der Waals surface area contributed by atoms with Crippen LogP contribution in [0.25, 0.3) is 0 Å². The SMILES string of the molecule is CCOc1ccccc1N1CCN(C(=O)CCCC(=O)N2CCN(c3ccccc3OCC)CC2)CC1. The summed E-state index contributed by atoms with van der Waals surface area (Å²) in [5, 5.41) is 0. The second-order valence-corrected chi connectivity index (χ2v) is 9.39. The number of amides is 2. The number of carbonyl (C=O) groups excluding carboxylic acids is 2. The summed E-state index contributed by atoms with van der Waals surface area (Å²) in [6, 6.07) is 16.1. The minimum absolute atomic E-state index is 0.142. The lowest BCUT2D eigenvalue weighted by Gasteiger charge is -2.37. The van der Waals surface area contributed by atoms with Crippen molar-refractivity contribution in [1.82, 2.24) is 9.80 Å². The third-order valence-corrected chi connectivity index (χ3v) is 7.06. The van der Waals surface area contributed by atoms with E-state index in [0.29, 0.717) is 58.7 Å². The fourth-order valence-electron chi connectivity index (χ4n) is 5.09. The van der Waals surface area contributed by atoms with Gasteiger partial charge in [-0.25, -0.2) is 0 Å². The smallest absolute Gasteiger partial charge is 0.222 e. The van der Waals surface area contributed by atoms with E-state index in [-0.39, 0.29) is 11.8 Å². The quantitative estimate of drug-likeness (QED) is 0.488. The van der Waals surface area contributed by atoms with Crippen molar-refractivity contribution < 1.29 is 19.1 Å². The van der Waals surface area contributed by atoms with E-state index >= 15 is 0 Å². The van der Waals surface area contributed by atoms with Gasteiger partial charge in [0.2, 0.25) is 11.8 Å². The van der Waals surface area contributed by atoms with Gasteiger partial charge in [0.25, 0.3) is 0 Å². The third-order valence-electron chi connectivity index (χ3n) is 7.06. The Balaban J connectivity index is 1.17. The Morgan fingerprint density at radius 3 is 1.38 bits per heavy atom. The van der Waals surface area contributed by atoms with Crippen LogP contribution in [0.2, 0.25) is 0 Å². The van der Waals surface area contributed by atoms with Crippen molar-refractivity contribution in [2.24, 2.45) is 0 Å². The van der Waals surface area contributed by atoms with E-state index in [2.05, 4.69) is 21.9 Å². The summed E-state index contributed by atoms with van der Waals surface area (Å²) in [6.45, 7) is 11.1. The molecule has 2 aliphatic heterocycles. The molecule has 2 heterocycles. The summed E-state index contributed by atoms with van der Waals surface area (Å²) < 4.78 is 11.5. The Morgan fingerprint density at radius 1 is 0.622 bits per heavy atom. The van der Waals surface area contributed by atoms with Crippen molar-refractivity contribution in [3.8, 4) is 11.5 Å². The van der Waals surface area contributed by atoms with Crippen LogP contribution in [0, 0.1) is 0 Å². The highest BCUT2D eigenvalue weighted by Crippen LogP contribution is 2.30. The zero-order chi connectivity index (χ0) is 26.0. The fourth-order valence-corrected chi connectivity index (χ4v) is 5.09. The maximum atomic E-state index is 12.8. The average molecular weight is 509 g/mol. The van der Waals surface area contributed by atoms with Gasteiger partial charge in [-0.2, -0.15) is 0 Å². The molecule has 2 aromatic carbocycles. The summed E-state index contributed by atoms with van der Waals surface area (Å²) in [4.78, 5) is 34.0. The van der Waals surface area contributed by atoms with Crippen molar-refractivity contribution >= 4 is 23.2 Å². The third kappa shape index (κ3) is 6.87. The molecule has 0 unspecified atom stereocenters. The van der Waals surface area contributed by atoms with Gasteiger partial charge in [0.05, 0.1) is 24.6 Å². The molecule has 8 heteroatoms. The Morgan fingerprint density at radius 2 is 1.00 bits per heavy atom. The van der Waals surface area contributed by atoms with E-state index in [1.54, 1.807) is 0 Å². The molecule has 8 nitrogen and oxygen atoms in total. The molecule has 0 bridgehead atoms. The largest absolute Gasteiger partial charge is 0.492 e. The maximum absolute atomic E-state index is 12.8. The highest BCUT2D eigenvalue weighted by Gasteiger charge is 2.25. The van der Waals surface area contributed by atoms with Crippen LogP contribution in [-0.4, -0.2) is 87.2 Å². The first-order chi connectivity index (χ1) is 18.1. The summed E-state index contributed by atoms with van der Waals surface area (Å²) in [5.74, 6) is 2.07. The van der Waals surface area contributed by atoms with E-state index in [4.69, 9.17) is 9.47 Å². The molecule has 2 amide bonds. The van der Waals surface area contributed by atoms with Crippen molar-refractivity contribution in [3.63, 3.8) is 0 Å². The molecule has 200 valence electrons. The topological polar surface area (TPSA) is 65.6 Å². The number of nitrogens with zero attached hydrogens (tertiary/aromatic N) is 4. The van der Waals surface area contributed by atoms with Crippen LogP contribution in [0.5, 0.6) is 11.5 Å². The van der Waals surface area contributed by atoms with Crippen LogP contribution in [-0.2, 0) is 9.59 Å². The van der Waals surface area contributed by atoms with Crippen molar-refractivity contribution in [3.05, 3.63) is 48.5 Å². The predicted octanol–water partition coefficient (Wildman–Crippen LogP) is 3.65. The summed E-state index contributed by atoms with van der Waals surface area (Å²) in [6.07, 6.45) is 1.43. The first kappa shape index (κ1) is 26.6. The van der Waals surface area contributed by atoms with Gasteiger partial charge in [-0.3, -0.25) is 9.59 Å². The Kier molecular flexibility index (Phi) is 9.52. The normalized spacial score (nSPS) is 16.1. The summed E-state index contributed by atoms with van der Waals surface area (Å²) in [7, 11) is 0. The van der Waals surface area contributed by atoms with Crippen LogP contribution >= 0.6 is 0 Å². The number of anilines is 2. The molecule has 37 heavy (non-hydrogen) atoms. The van der Waals surface area contributed by atoms with Gasteiger partial charge >= 0.3 is 0 Å². The number of benzene rings is 2. The molecule has 0 spiro atoms. The number of rotatable bonds is 10. The molecule has 2 saturated heterocycles. The molecule has 2 aromatic rings. The number of carbonyl (C=O) groups is 2. The summed E-state index contributed by atoms with van der Waals surface area (Å²) in [5.41, 5.74) is 2.17. The lowest BCUT2D eigenvalue weighted by Crippen LogP contribution is -2.49. The Labute approximate surface area is 220 Å². The standard InChI is InChI=1S/C29H40N4O4/c1-3-36-26-12-7-5-10-24(26)30-16-20-32(21-17-30)28(34)14-9-15-29(35)33-22-18-31(19-23-33)25-11-6-8-13-27(25)37-4-2/h5-8,10-13H,3-4,9,14-23H2,1-2H3. The number of ether oxygens (including phenoxy) is 2. The minimum Gasteiger partial charge on any atom is -0.492 e. The second-order valence-electron chi connectivity index (χ2n) is 9.39. The molecular weight excluding hydrogens is 468 g/mol. The first-order valence-corrected chi connectivity index (χ1v) is 13.6. The second kappa shape index (κ2) is 13.2. The van der Waals surface area contributed by atoms with Crippen LogP contribution in [0.1, 0.15) is 33.1 Å². The molecular formula is C29H40N4O4. The zero-order valence-corrected chi connectivity index (χ0v) is 22.2. The van der Waals surface area contributed by atoms with Crippen molar-refractivity contribution in [2.45, 2.75) is 33.1 Å². The van der Waals surface area contributed by atoms with Gasteiger partial charge in [-0.05, 0) is 44.5 Å². The summed E-state index contributed by atoms with van der Waals surface area (Å²) >= 11 is 0. The van der Waals surface area contributed by atoms with Gasteiger partial charge in [0.15, 0.2) is 0 Å². The predicted molar refractivity (Wildman–Crippen MR) is 147 cm³/mol. The van der Waals surface area contributed by atoms with Crippen LogP contribution in [0.4, 0.5) is 11.4 Å². The Hall–Kier alpha value is -3.42. The van der Waals surface area contributed by atoms with Gasteiger partial charge in [-0.1, -0.05) is 24.3 Å². The van der Waals surface area contributed by atoms with Crippen LogP contribution in [0.15, 0.2) is 48.5 Å².